The third-order valence-electron chi connectivity index (χ3n) is 7.40. The molecule has 4 heterocycles. The number of hydrogen-bond acceptors (Lipinski definition) is 7. The van der Waals surface area contributed by atoms with Gasteiger partial charge in [-0.05, 0) is 88.2 Å². The summed E-state index contributed by atoms with van der Waals surface area (Å²) in [5.41, 5.74) is 5.84. The minimum Gasteiger partial charge on any atom is -0.324 e. The van der Waals surface area contributed by atoms with Gasteiger partial charge in [0.25, 0.3) is 0 Å². The number of nitrogens with zero attached hydrogens (tertiary/aromatic N) is 4. The van der Waals surface area contributed by atoms with E-state index in [4.69, 9.17) is 11.6 Å². The number of aryl methyl sites for hydroxylation is 3. The molecule has 2 aliphatic rings. The van der Waals surface area contributed by atoms with Gasteiger partial charge in [0.05, 0.1) is 6.20 Å². The van der Waals surface area contributed by atoms with Crippen molar-refractivity contribution in [2.45, 2.75) is 58.4 Å². The average molecular weight is 528 g/mol. The topological polar surface area (TPSA) is 98.8 Å². The van der Waals surface area contributed by atoms with Crippen LogP contribution >= 0.6 is 11.6 Å². The Morgan fingerprint density at radius 2 is 1.78 bits per heavy atom. The van der Waals surface area contributed by atoms with E-state index in [1.807, 2.05) is 13.0 Å². The van der Waals surface area contributed by atoms with E-state index >= 15 is 0 Å². The van der Waals surface area contributed by atoms with Gasteiger partial charge in [-0.15, -0.1) is 0 Å². The summed E-state index contributed by atoms with van der Waals surface area (Å²) >= 11 is 6.32. The number of piperidine rings is 1. The lowest BCUT2D eigenvalue weighted by molar-refractivity contribution is 0.143. The van der Waals surface area contributed by atoms with Crippen LogP contribution in [0.1, 0.15) is 54.0 Å². The van der Waals surface area contributed by atoms with Crippen molar-refractivity contribution in [1.29, 1.82) is 0 Å². The molecule has 8 nitrogen and oxygen atoms in total. The SMILES string of the molecule is Cc1cc(Nc2nc(Nc3cc(C)c(C4CCN(C5CCS(=O)CC5)CC4)cc3C)ncc2Cl)n[nH]1. The lowest BCUT2D eigenvalue weighted by Crippen LogP contribution is -2.44. The lowest BCUT2D eigenvalue weighted by Gasteiger charge is -2.39. The molecule has 0 amide bonds. The van der Waals surface area contributed by atoms with Gasteiger partial charge in [0.2, 0.25) is 5.95 Å². The summed E-state index contributed by atoms with van der Waals surface area (Å²) in [7, 11) is -0.592. The van der Waals surface area contributed by atoms with Gasteiger partial charge in [-0.1, -0.05) is 17.7 Å². The molecule has 0 bridgehead atoms. The molecule has 2 fully saturated rings. The fourth-order valence-electron chi connectivity index (χ4n) is 5.37. The summed E-state index contributed by atoms with van der Waals surface area (Å²) in [6.45, 7) is 8.52. The monoisotopic (exact) mass is 527 g/mol. The van der Waals surface area contributed by atoms with Gasteiger partial charge in [0, 0.05) is 45.8 Å². The van der Waals surface area contributed by atoms with Crippen LogP contribution in [0, 0.1) is 20.8 Å². The van der Waals surface area contributed by atoms with E-state index < -0.39 is 10.8 Å². The number of H-pyrrole nitrogens is 1. The maximum atomic E-state index is 11.7. The van der Waals surface area contributed by atoms with E-state index in [1.54, 1.807) is 6.20 Å². The van der Waals surface area contributed by atoms with Gasteiger partial charge in [-0.3, -0.25) is 9.31 Å². The molecular formula is C26H34ClN7OS. The molecule has 0 saturated carbocycles. The zero-order valence-corrected chi connectivity index (χ0v) is 22.7. The van der Waals surface area contributed by atoms with E-state index in [0.717, 1.165) is 48.8 Å². The summed E-state index contributed by atoms with van der Waals surface area (Å²) in [5.74, 6) is 3.95. The first-order chi connectivity index (χ1) is 17.4. The van der Waals surface area contributed by atoms with E-state index in [1.165, 1.54) is 29.5 Å². The Morgan fingerprint density at radius 3 is 2.47 bits per heavy atom. The number of aromatic nitrogens is 4. The average Bonchev–Trinajstić information content (AvgIpc) is 3.28. The molecule has 1 aromatic carbocycles. The van der Waals surface area contributed by atoms with E-state index in [9.17, 15) is 4.21 Å². The molecule has 2 aromatic heterocycles. The molecule has 3 aromatic rings. The second-order valence-electron chi connectivity index (χ2n) is 9.99. The highest BCUT2D eigenvalue weighted by Crippen LogP contribution is 2.35. The molecule has 192 valence electrons. The number of nitrogens with one attached hydrogen (secondary N) is 3. The Morgan fingerprint density at radius 1 is 1.03 bits per heavy atom. The second kappa shape index (κ2) is 10.9. The van der Waals surface area contributed by atoms with Gasteiger partial charge in [-0.25, -0.2) is 4.98 Å². The third kappa shape index (κ3) is 5.74. The molecule has 36 heavy (non-hydrogen) atoms. The van der Waals surface area contributed by atoms with Gasteiger partial charge < -0.3 is 15.5 Å². The number of halogens is 1. The largest absolute Gasteiger partial charge is 0.324 e. The van der Waals surface area contributed by atoms with Crippen molar-refractivity contribution < 1.29 is 4.21 Å². The molecule has 0 radical (unpaired) electrons. The van der Waals surface area contributed by atoms with Crippen molar-refractivity contribution in [3.63, 3.8) is 0 Å². The normalized spacial score (nSPS) is 21.4. The minimum absolute atomic E-state index is 0.428. The van der Waals surface area contributed by atoms with Gasteiger partial charge >= 0.3 is 0 Å². The number of rotatable bonds is 6. The van der Waals surface area contributed by atoms with Gasteiger partial charge in [0.15, 0.2) is 11.6 Å². The molecule has 0 atom stereocenters. The van der Waals surface area contributed by atoms with Crippen LogP contribution in [-0.2, 0) is 10.8 Å². The summed E-state index contributed by atoms with van der Waals surface area (Å²) in [5, 5.41) is 14.0. The molecule has 10 heteroatoms. The zero-order chi connectivity index (χ0) is 25.2. The highest BCUT2D eigenvalue weighted by molar-refractivity contribution is 7.85. The molecule has 0 aliphatic carbocycles. The fraction of sp³-hybridized carbons (Fsp3) is 0.500. The first-order valence-corrected chi connectivity index (χ1v) is 14.5. The first kappa shape index (κ1) is 25.2. The Bertz CT molecular complexity index is 1250. The number of hydrogen-bond donors (Lipinski definition) is 3. The predicted molar refractivity (Wildman–Crippen MR) is 147 cm³/mol. The first-order valence-electron chi connectivity index (χ1n) is 12.6. The Kier molecular flexibility index (Phi) is 7.60. The van der Waals surface area contributed by atoms with Crippen LogP contribution in [0.3, 0.4) is 0 Å². The third-order valence-corrected chi connectivity index (χ3v) is 9.06. The molecule has 2 saturated heterocycles. The maximum absolute atomic E-state index is 11.7. The summed E-state index contributed by atoms with van der Waals surface area (Å²) in [4.78, 5) is 11.6. The predicted octanol–water partition coefficient (Wildman–Crippen LogP) is 5.36. The minimum atomic E-state index is -0.592. The second-order valence-corrected chi connectivity index (χ2v) is 12.1. The highest BCUT2D eigenvalue weighted by atomic mass is 35.5. The molecule has 2 aliphatic heterocycles. The number of anilines is 4. The van der Waals surface area contributed by atoms with Crippen molar-refractivity contribution in [2.24, 2.45) is 0 Å². The maximum Gasteiger partial charge on any atom is 0.229 e. The standard InChI is InChI=1S/C26H34ClN7OS/c1-16-13-23(29-26-28-15-22(27)25(31-26)30-24-14-18(3)32-33-24)17(2)12-21(16)19-4-8-34(9-5-19)20-6-10-36(35)11-7-20/h12-15,19-20H,4-11H2,1-3H3,(H3,28,29,30,31,32,33). The quantitative estimate of drug-likeness (QED) is 0.397. The highest BCUT2D eigenvalue weighted by Gasteiger charge is 2.29. The molecule has 5 rings (SSSR count). The molecule has 3 N–H and O–H groups in total. The summed E-state index contributed by atoms with van der Waals surface area (Å²) in [6.07, 6.45) is 6.11. The van der Waals surface area contributed by atoms with Crippen molar-refractivity contribution in [3.8, 4) is 0 Å². The zero-order valence-electron chi connectivity index (χ0n) is 21.1. The number of benzene rings is 1. The molecule has 0 unspecified atom stereocenters. The molecular weight excluding hydrogens is 494 g/mol. The van der Waals surface area contributed by atoms with Crippen molar-refractivity contribution in [1.82, 2.24) is 25.1 Å². The van der Waals surface area contributed by atoms with Crippen LogP contribution in [0.25, 0.3) is 0 Å². The van der Waals surface area contributed by atoms with E-state index in [2.05, 4.69) is 61.7 Å². The van der Waals surface area contributed by atoms with Crippen molar-refractivity contribution >= 4 is 45.7 Å². The van der Waals surface area contributed by atoms with Crippen LogP contribution in [0.2, 0.25) is 5.02 Å². The Labute approximate surface area is 220 Å². The van der Waals surface area contributed by atoms with E-state index in [-0.39, 0.29) is 0 Å². The van der Waals surface area contributed by atoms with Crippen LogP contribution in [0.4, 0.5) is 23.3 Å². The lowest BCUT2D eigenvalue weighted by atomic mass is 9.85. The molecule has 0 spiro atoms. The van der Waals surface area contributed by atoms with E-state index in [0.29, 0.717) is 34.6 Å². The van der Waals surface area contributed by atoms with Crippen LogP contribution in [0.15, 0.2) is 24.4 Å². The summed E-state index contributed by atoms with van der Waals surface area (Å²) in [6, 6.07) is 7.03. The van der Waals surface area contributed by atoms with Gasteiger partial charge in [0.1, 0.15) is 5.02 Å². The Balaban J connectivity index is 1.25. The fourth-order valence-corrected chi connectivity index (χ4v) is 6.79. The number of aromatic amines is 1. The van der Waals surface area contributed by atoms with Crippen molar-refractivity contribution in [2.75, 3.05) is 35.2 Å². The summed E-state index contributed by atoms with van der Waals surface area (Å²) < 4.78 is 11.7. The number of likely N-dealkylation sites (tertiary alicyclic amines) is 1. The van der Waals surface area contributed by atoms with Crippen molar-refractivity contribution in [3.05, 3.63) is 51.8 Å². The van der Waals surface area contributed by atoms with Crippen LogP contribution in [0.5, 0.6) is 0 Å². The van der Waals surface area contributed by atoms with Crippen LogP contribution < -0.4 is 10.6 Å². The Hall–Kier alpha value is -2.49. The van der Waals surface area contributed by atoms with Crippen LogP contribution in [-0.4, -0.2) is 59.9 Å². The smallest absolute Gasteiger partial charge is 0.229 e. The van der Waals surface area contributed by atoms with Gasteiger partial charge in [-0.2, -0.15) is 10.1 Å².